The van der Waals surface area contributed by atoms with E-state index >= 15 is 0 Å². The predicted molar refractivity (Wildman–Crippen MR) is 101 cm³/mol. The highest BCUT2D eigenvalue weighted by Crippen LogP contribution is 2.23. The van der Waals surface area contributed by atoms with Gasteiger partial charge in [0.15, 0.2) is 11.2 Å². The van der Waals surface area contributed by atoms with Crippen LogP contribution in [0.25, 0.3) is 23.6 Å². The first kappa shape index (κ1) is 19.6. The summed E-state index contributed by atoms with van der Waals surface area (Å²) in [5, 5.41) is 12.0. The summed E-state index contributed by atoms with van der Waals surface area (Å²) in [5.74, 6) is 0.255. The minimum Gasteiger partial charge on any atom is -0.453 e. The van der Waals surface area contributed by atoms with Crippen LogP contribution in [0.4, 0.5) is 0 Å². The molecule has 0 aromatic heterocycles. The number of nitrogens with one attached hydrogen (secondary N) is 1. The van der Waals surface area contributed by atoms with Gasteiger partial charge in [-0.1, -0.05) is 12.7 Å². The molecule has 1 aliphatic carbocycles. The van der Waals surface area contributed by atoms with Gasteiger partial charge in [-0.25, -0.2) is 4.98 Å². The fourth-order valence-electron chi connectivity index (χ4n) is 2.62. The van der Waals surface area contributed by atoms with Gasteiger partial charge in [0.1, 0.15) is 16.5 Å². The monoisotopic (exact) mass is 356 g/mol. The number of aromatic nitrogens is 1. The van der Waals surface area contributed by atoms with Crippen molar-refractivity contribution in [3.05, 3.63) is 50.3 Å². The number of fused-ring (bicyclic) bond motifs is 1. The van der Waals surface area contributed by atoms with E-state index in [-0.39, 0.29) is 24.4 Å². The second-order valence-electron chi connectivity index (χ2n) is 6.08. The number of amides is 1. The molecule has 2 N–H and O–H groups in total. The van der Waals surface area contributed by atoms with E-state index in [1.165, 1.54) is 0 Å². The number of aliphatic hydroxyl groups excluding tert-OH is 1. The van der Waals surface area contributed by atoms with E-state index in [9.17, 15) is 9.59 Å². The van der Waals surface area contributed by atoms with Gasteiger partial charge in [-0.05, 0) is 44.9 Å². The Balaban J connectivity index is 2.58. The van der Waals surface area contributed by atoms with Crippen LogP contribution < -0.4 is 21.5 Å². The highest BCUT2D eigenvalue weighted by Gasteiger charge is 2.19. The Morgan fingerprint density at radius 3 is 2.65 bits per heavy atom. The molecule has 0 bridgehead atoms. The second-order valence-corrected chi connectivity index (χ2v) is 6.08. The predicted octanol–water partition coefficient (Wildman–Crippen LogP) is 0.701. The van der Waals surface area contributed by atoms with Crippen molar-refractivity contribution in [2.75, 3.05) is 13.2 Å². The minimum absolute atomic E-state index is 0.0297. The first-order valence-corrected chi connectivity index (χ1v) is 8.51. The van der Waals surface area contributed by atoms with E-state index in [0.717, 1.165) is 5.56 Å². The average Bonchev–Trinajstić information content (AvgIpc) is 2.63. The largest absolute Gasteiger partial charge is 0.453 e. The summed E-state index contributed by atoms with van der Waals surface area (Å²) in [6.07, 6.45) is 5.55. The molecule has 0 spiro atoms. The van der Waals surface area contributed by atoms with Crippen LogP contribution in [0.2, 0.25) is 0 Å². The number of benzene rings is 1. The Hall–Kier alpha value is -2.73. The van der Waals surface area contributed by atoms with Crippen molar-refractivity contribution >= 4 is 18.1 Å². The molecule has 6 nitrogen and oxygen atoms in total. The third kappa shape index (κ3) is 4.08. The quantitative estimate of drug-likeness (QED) is 0.744. The molecule has 0 unspecified atom stereocenters. The molecule has 0 aromatic carbocycles. The van der Waals surface area contributed by atoms with E-state index in [1.54, 1.807) is 32.1 Å². The van der Waals surface area contributed by atoms with Crippen molar-refractivity contribution in [3.63, 3.8) is 0 Å². The number of carbonyl (C=O) groups is 1. The zero-order valence-corrected chi connectivity index (χ0v) is 15.4. The Bertz CT molecular complexity index is 973. The molecule has 2 aliphatic rings. The van der Waals surface area contributed by atoms with Crippen molar-refractivity contribution in [2.45, 2.75) is 33.6 Å². The molecule has 138 valence electrons. The number of allylic oxidation sites excluding steroid dienone is 1. The van der Waals surface area contributed by atoms with E-state index in [2.05, 4.69) is 16.9 Å². The molecular weight excluding hydrogens is 332 g/mol. The average molecular weight is 356 g/mol. The van der Waals surface area contributed by atoms with Crippen LogP contribution in [-0.4, -0.2) is 29.1 Å². The topological polar surface area (TPSA) is 92.4 Å². The first-order chi connectivity index (χ1) is 12.4. The SMILES string of the molecule is C=C/C=c1/nc2c(C)c(C)c(=O)c(C)c-2o/c1=C/CC(=O)NCCCO. The number of aliphatic hydroxyl groups is 1. The Kier molecular flexibility index (Phi) is 6.46. The van der Waals surface area contributed by atoms with Crippen LogP contribution >= 0.6 is 0 Å². The molecule has 6 heteroatoms. The maximum absolute atomic E-state index is 12.3. The van der Waals surface area contributed by atoms with Gasteiger partial charge < -0.3 is 14.8 Å². The third-order valence-electron chi connectivity index (χ3n) is 4.26. The molecule has 0 saturated heterocycles. The van der Waals surface area contributed by atoms with E-state index < -0.39 is 0 Å². The Morgan fingerprint density at radius 2 is 2.00 bits per heavy atom. The number of nitrogens with zero attached hydrogens (tertiary/aromatic N) is 1. The third-order valence-corrected chi connectivity index (χ3v) is 4.26. The molecule has 0 saturated carbocycles. The maximum Gasteiger partial charge on any atom is 0.223 e. The summed E-state index contributed by atoms with van der Waals surface area (Å²) in [6.45, 7) is 9.47. The van der Waals surface area contributed by atoms with Gasteiger partial charge in [0.05, 0.1) is 0 Å². The van der Waals surface area contributed by atoms with Crippen molar-refractivity contribution in [2.24, 2.45) is 0 Å². The number of hydrogen-bond acceptors (Lipinski definition) is 5. The van der Waals surface area contributed by atoms with E-state index in [1.807, 2.05) is 6.92 Å². The lowest BCUT2D eigenvalue weighted by Crippen LogP contribution is -2.32. The van der Waals surface area contributed by atoms with Crippen LogP contribution in [0.3, 0.4) is 0 Å². The summed E-state index contributed by atoms with van der Waals surface area (Å²) in [7, 11) is 0. The van der Waals surface area contributed by atoms with Gasteiger partial charge in [0.25, 0.3) is 0 Å². The lowest BCUT2D eigenvalue weighted by atomic mass is 9.99. The summed E-state index contributed by atoms with van der Waals surface area (Å²) in [4.78, 5) is 28.8. The molecule has 26 heavy (non-hydrogen) atoms. The number of rotatable bonds is 6. The van der Waals surface area contributed by atoms with Crippen LogP contribution in [-0.2, 0) is 4.79 Å². The van der Waals surface area contributed by atoms with Gasteiger partial charge in [0.2, 0.25) is 5.91 Å². The summed E-state index contributed by atoms with van der Waals surface area (Å²) in [6, 6.07) is 0. The minimum atomic E-state index is -0.181. The molecular formula is C20H24N2O4. The molecule has 0 atom stereocenters. The number of hydrogen-bond donors (Lipinski definition) is 2. The first-order valence-electron chi connectivity index (χ1n) is 8.51. The molecule has 1 heterocycles. The molecule has 1 aliphatic heterocycles. The summed E-state index contributed by atoms with van der Waals surface area (Å²) in [5.41, 5.74) is 2.93. The normalized spacial score (nSPS) is 12.6. The van der Waals surface area contributed by atoms with Crippen LogP contribution in [0.1, 0.15) is 29.5 Å². The van der Waals surface area contributed by atoms with Crippen LogP contribution in [0, 0.1) is 20.8 Å². The van der Waals surface area contributed by atoms with Gasteiger partial charge in [-0.15, -0.1) is 0 Å². The highest BCUT2D eigenvalue weighted by atomic mass is 16.3. The van der Waals surface area contributed by atoms with Crippen LogP contribution in [0.5, 0.6) is 0 Å². The smallest absolute Gasteiger partial charge is 0.223 e. The summed E-state index contributed by atoms with van der Waals surface area (Å²) < 4.78 is 5.95. The molecule has 0 fully saturated rings. The molecule has 0 aromatic rings. The molecule has 0 radical (unpaired) electrons. The Morgan fingerprint density at radius 1 is 1.27 bits per heavy atom. The van der Waals surface area contributed by atoms with E-state index in [4.69, 9.17) is 9.52 Å². The van der Waals surface area contributed by atoms with Crippen molar-refractivity contribution in [3.8, 4) is 11.5 Å². The van der Waals surface area contributed by atoms with E-state index in [0.29, 0.717) is 46.3 Å². The second kappa shape index (κ2) is 8.58. The van der Waals surface area contributed by atoms with Gasteiger partial charge in [-0.3, -0.25) is 9.59 Å². The Labute approximate surface area is 151 Å². The standard InChI is InChI=1S/C20H24N2O4/c1-5-7-15-16(8-9-17(24)21-10-6-11-23)26-20-14(4)19(25)13(3)12(2)18(20)22-15/h5,7-8,23H,1,6,9-11H2,2-4H3,(H,21,24)/b15-7+,16-8+. The molecule has 1 amide bonds. The lowest BCUT2D eigenvalue weighted by Gasteiger charge is -2.12. The number of carbonyl (C=O) groups excluding carboxylic acids is 1. The summed E-state index contributed by atoms with van der Waals surface area (Å²) >= 11 is 0. The zero-order chi connectivity index (χ0) is 19.3. The lowest BCUT2D eigenvalue weighted by molar-refractivity contribution is -0.120. The van der Waals surface area contributed by atoms with Crippen molar-refractivity contribution in [1.82, 2.24) is 10.3 Å². The van der Waals surface area contributed by atoms with Gasteiger partial charge in [0, 0.05) is 30.7 Å². The maximum atomic E-state index is 12.3. The van der Waals surface area contributed by atoms with Crippen molar-refractivity contribution in [1.29, 1.82) is 0 Å². The zero-order valence-electron chi connectivity index (χ0n) is 15.4. The highest BCUT2D eigenvalue weighted by molar-refractivity contribution is 5.80. The fourth-order valence-corrected chi connectivity index (χ4v) is 2.62. The fraction of sp³-hybridized carbons (Fsp3) is 0.350. The van der Waals surface area contributed by atoms with Crippen molar-refractivity contribution < 1.29 is 14.3 Å². The van der Waals surface area contributed by atoms with Crippen LogP contribution in [0.15, 0.2) is 21.9 Å². The van der Waals surface area contributed by atoms with Gasteiger partial charge >= 0.3 is 0 Å². The van der Waals surface area contributed by atoms with Gasteiger partial charge in [-0.2, -0.15) is 0 Å². The molecule has 2 rings (SSSR count).